The summed E-state index contributed by atoms with van der Waals surface area (Å²) >= 11 is 6.10. The number of hydrogen-bond acceptors (Lipinski definition) is 3. The predicted octanol–water partition coefficient (Wildman–Crippen LogP) is 4.19. The highest BCUT2D eigenvalue weighted by Crippen LogP contribution is 2.19. The van der Waals surface area contributed by atoms with Crippen LogP contribution in [-0.2, 0) is 0 Å². The fourth-order valence-electron chi connectivity index (χ4n) is 2.49. The minimum atomic E-state index is 0.448. The quantitative estimate of drug-likeness (QED) is 0.465. The van der Waals surface area contributed by atoms with Gasteiger partial charge in [-0.15, -0.1) is 0 Å². The lowest BCUT2D eigenvalue weighted by Gasteiger charge is -2.12. The fourth-order valence-corrected chi connectivity index (χ4v) is 2.64. The zero-order chi connectivity index (χ0) is 15.6. The number of nitrogens with zero attached hydrogens (tertiary/aromatic N) is 1. The second-order valence-corrected chi connectivity index (χ2v) is 6.08. The molecule has 1 aliphatic heterocycles. The number of aromatic nitrogens is 1. The molecule has 1 aromatic heterocycles. The van der Waals surface area contributed by atoms with Crippen LogP contribution in [-0.4, -0.2) is 24.2 Å². The van der Waals surface area contributed by atoms with Crippen molar-refractivity contribution in [2.45, 2.75) is 57.9 Å². The van der Waals surface area contributed by atoms with Crippen LogP contribution in [0.3, 0.4) is 0 Å². The van der Waals surface area contributed by atoms with Crippen LogP contribution in [0.4, 0.5) is 0 Å². The SMILES string of the molecule is CCCCCCC#Cc1cc(OCC2CCCN2)cnc1Cl. The van der Waals surface area contributed by atoms with Gasteiger partial charge in [0, 0.05) is 18.5 Å². The molecule has 2 heterocycles. The van der Waals surface area contributed by atoms with Gasteiger partial charge >= 0.3 is 0 Å². The molecule has 0 aromatic carbocycles. The minimum absolute atomic E-state index is 0.448. The molecular weight excluding hydrogens is 296 g/mol. The minimum Gasteiger partial charge on any atom is -0.490 e. The van der Waals surface area contributed by atoms with Gasteiger partial charge in [0.1, 0.15) is 17.5 Å². The lowest BCUT2D eigenvalue weighted by molar-refractivity contribution is 0.276. The van der Waals surface area contributed by atoms with Crippen LogP contribution in [0.2, 0.25) is 5.15 Å². The van der Waals surface area contributed by atoms with Gasteiger partial charge in [0.2, 0.25) is 0 Å². The van der Waals surface area contributed by atoms with Gasteiger partial charge in [0.05, 0.1) is 11.8 Å². The number of unbranched alkanes of at least 4 members (excludes halogenated alkanes) is 4. The summed E-state index contributed by atoms with van der Waals surface area (Å²) in [7, 11) is 0. The first kappa shape index (κ1) is 17.1. The third-order valence-corrected chi connectivity index (χ3v) is 4.11. The monoisotopic (exact) mass is 320 g/mol. The topological polar surface area (TPSA) is 34.1 Å². The normalized spacial score (nSPS) is 17.1. The van der Waals surface area contributed by atoms with Crippen LogP contribution in [0.25, 0.3) is 0 Å². The number of halogens is 1. The number of pyridine rings is 1. The first-order valence-corrected chi connectivity index (χ1v) is 8.68. The van der Waals surface area contributed by atoms with Gasteiger partial charge in [-0.1, -0.05) is 49.6 Å². The second kappa shape index (κ2) is 9.71. The van der Waals surface area contributed by atoms with Crippen molar-refractivity contribution in [2.24, 2.45) is 0 Å². The molecule has 0 spiro atoms. The maximum atomic E-state index is 6.10. The molecule has 1 aliphatic rings. The Labute approximate surface area is 138 Å². The van der Waals surface area contributed by atoms with Gasteiger partial charge in [-0.25, -0.2) is 4.98 Å². The Morgan fingerprint density at radius 3 is 3.09 bits per heavy atom. The van der Waals surface area contributed by atoms with Gasteiger partial charge in [0.25, 0.3) is 0 Å². The lowest BCUT2D eigenvalue weighted by Crippen LogP contribution is -2.28. The van der Waals surface area contributed by atoms with Crippen LogP contribution in [0, 0.1) is 11.8 Å². The summed E-state index contributed by atoms with van der Waals surface area (Å²) in [5.41, 5.74) is 0.758. The number of nitrogens with one attached hydrogen (secondary N) is 1. The summed E-state index contributed by atoms with van der Waals surface area (Å²) in [5.74, 6) is 7.05. The zero-order valence-electron chi connectivity index (χ0n) is 13.3. The molecule has 1 atom stereocenters. The molecule has 3 nitrogen and oxygen atoms in total. The van der Waals surface area contributed by atoms with E-state index in [0.717, 1.165) is 30.7 Å². The molecule has 4 heteroatoms. The summed E-state index contributed by atoms with van der Waals surface area (Å²) in [6.45, 7) is 3.97. The largest absolute Gasteiger partial charge is 0.490 e. The van der Waals surface area contributed by atoms with Gasteiger partial charge in [0.15, 0.2) is 0 Å². The highest BCUT2D eigenvalue weighted by atomic mass is 35.5. The van der Waals surface area contributed by atoms with Crippen molar-refractivity contribution >= 4 is 11.6 Å². The molecular formula is C18H25ClN2O. The van der Waals surface area contributed by atoms with E-state index in [0.29, 0.717) is 17.8 Å². The third kappa shape index (κ3) is 5.87. The average Bonchev–Trinajstić information content (AvgIpc) is 3.04. The first-order valence-electron chi connectivity index (χ1n) is 8.30. The molecule has 2 rings (SSSR count). The summed E-state index contributed by atoms with van der Waals surface area (Å²) in [5, 5.41) is 3.86. The van der Waals surface area contributed by atoms with Crippen molar-refractivity contribution in [2.75, 3.05) is 13.2 Å². The Kier molecular flexibility index (Phi) is 7.56. The molecule has 0 aliphatic carbocycles. The van der Waals surface area contributed by atoms with E-state index in [1.54, 1.807) is 6.20 Å². The Bertz CT molecular complexity index is 516. The molecule has 1 aromatic rings. The van der Waals surface area contributed by atoms with E-state index >= 15 is 0 Å². The smallest absolute Gasteiger partial charge is 0.144 e. The van der Waals surface area contributed by atoms with Gasteiger partial charge < -0.3 is 10.1 Å². The van der Waals surface area contributed by atoms with E-state index in [4.69, 9.17) is 16.3 Å². The Hall–Kier alpha value is -1.24. The molecule has 1 saturated heterocycles. The molecule has 0 radical (unpaired) electrons. The first-order chi connectivity index (χ1) is 10.8. The fraction of sp³-hybridized carbons (Fsp3) is 0.611. The van der Waals surface area contributed by atoms with Crippen molar-refractivity contribution in [3.8, 4) is 17.6 Å². The van der Waals surface area contributed by atoms with E-state index in [1.165, 1.54) is 32.1 Å². The van der Waals surface area contributed by atoms with Gasteiger partial charge in [-0.05, 0) is 25.8 Å². The molecule has 22 heavy (non-hydrogen) atoms. The molecule has 0 amide bonds. The van der Waals surface area contributed by atoms with E-state index in [2.05, 4.69) is 29.1 Å². The van der Waals surface area contributed by atoms with Crippen LogP contribution < -0.4 is 10.1 Å². The molecule has 0 saturated carbocycles. The predicted molar refractivity (Wildman–Crippen MR) is 91.4 cm³/mol. The second-order valence-electron chi connectivity index (χ2n) is 5.73. The van der Waals surface area contributed by atoms with E-state index in [1.807, 2.05) is 6.07 Å². The van der Waals surface area contributed by atoms with Crippen LogP contribution in [0.15, 0.2) is 12.3 Å². The highest BCUT2D eigenvalue weighted by molar-refractivity contribution is 6.30. The third-order valence-electron chi connectivity index (χ3n) is 3.81. The van der Waals surface area contributed by atoms with Crippen molar-refractivity contribution < 1.29 is 4.74 Å². The van der Waals surface area contributed by atoms with Crippen LogP contribution >= 0.6 is 11.6 Å². The molecule has 1 N–H and O–H groups in total. The van der Waals surface area contributed by atoms with E-state index in [-0.39, 0.29) is 0 Å². The molecule has 0 bridgehead atoms. The van der Waals surface area contributed by atoms with Crippen molar-refractivity contribution in [1.29, 1.82) is 0 Å². The van der Waals surface area contributed by atoms with Crippen molar-refractivity contribution in [1.82, 2.24) is 10.3 Å². The van der Waals surface area contributed by atoms with Gasteiger partial charge in [-0.3, -0.25) is 0 Å². The molecule has 1 fully saturated rings. The van der Waals surface area contributed by atoms with E-state index < -0.39 is 0 Å². The van der Waals surface area contributed by atoms with E-state index in [9.17, 15) is 0 Å². The average molecular weight is 321 g/mol. The Morgan fingerprint density at radius 1 is 1.41 bits per heavy atom. The highest BCUT2D eigenvalue weighted by Gasteiger charge is 2.14. The lowest BCUT2D eigenvalue weighted by atomic mass is 10.1. The summed E-state index contributed by atoms with van der Waals surface area (Å²) in [4.78, 5) is 4.17. The van der Waals surface area contributed by atoms with Crippen molar-refractivity contribution in [3.63, 3.8) is 0 Å². The number of ether oxygens (including phenoxy) is 1. The summed E-state index contributed by atoms with van der Waals surface area (Å²) in [6.07, 6.45) is 9.90. The zero-order valence-corrected chi connectivity index (χ0v) is 14.1. The van der Waals surface area contributed by atoms with Crippen molar-refractivity contribution in [3.05, 3.63) is 23.0 Å². The summed E-state index contributed by atoms with van der Waals surface area (Å²) < 4.78 is 5.79. The Morgan fingerprint density at radius 2 is 2.32 bits per heavy atom. The van der Waals surface area contributed by atoms with Crippen LogP contribution in [0.1, 0.15) is 57.4 Å². The molecule has 120 valence electrons. The maximum absolute atomic E-state index is 6.10. The number of rotatable bonds is 7. The maximum Gasteiger partial charge on any atom is 0.144 e. The standard InChI is InChI=1S/C18H25ClN2O/c1-2-3-4-5-6-7-9-15-12-17(13-21-18(15)19)22-14-16-10-8-11-20-16/h12-13,16,20H,2-6,8,10-11,14H2,1H3. The van der Waals surface area contributed by atoms with Crippen LogP contribution in [0.5, 0.6) is 5.75 Å². The Balaban J connectivity index is 1.84. The van der Waals surface area contributed by atoms with Gasteiger partial charge in [-0.2, -0.15) is 0 Å². The molecule has 1 unspecified atom stereocenters. The number of hydrogen-bond donors (Lipinski definition) is 1. The summed E-state index contributed by atoms with van der Waals surface area (Å²) in [6, 6.07) is 2.34.